The number of hydrogen-bond donors (Lipinski definition) is 3. The molecule has 0 spiro atoms. The molecule has 0 aliphatic carbocycles. The van der Waals surface area contributed by atoms with Gasteiger partial charge in [0.2, 0.25) is 0 Å². The summed E-state index contributed by atoms with van der Waals surface area (Å²) in [4.78, 5) is 51.0. The molecular formula is C61H106O12. The van der Waals surface area contributed by atoms with Crippen LogP contribution in [0.15, 0.2) is 48.6 Å². The van der Waals surface area contributed by atoms with E-state index in [-0.39, 0.29) is 25.9 Å². The Labute approximate surface area is 443 Å². The number of carbonyl (C=O) groups excluding carboxylic acids is 3. The van der Waals surface area contributed by atoms with E-state index in [0.717, 1.165) is 83.5 Å². The maximum atomic E-state index is 13.1. The van der Waals surface area contributed by atoms with Gasteiger partial charge in [0.1, 0.15) is 18.8 Å². The number of rotatable bonds is 50. The normalized spacial score (nSPS) is 18.6. The predicted molar refractivity (Wildman–Crippen MR) is 294 cm³/mol. The third-order valence-electron chi connectivity index (χ3n) is 13.4. The summed E-state index contributed by atoms with van der Waals surface area (Å²) in [5, 5.41) is 31.4. The summed E-state index contributed by atoms with van der Waals surface area (Å²) in [7, 11) is 0. The van der Waals surface area contributed by atoms with Crippen LogP contribution in [-0.4, -0.2) is 89.2 Å². The maximum Gasteiger partial charge on any atom is 0.335 e. The molecule has 0 saturated carbocycles. The van der Waals surface area contributed by atoms with Crippen LogP contribution in [0.4, 0.5) is 0 Å². The second-order valence-corrected chi connectivity index (χ2v) is 20.3. The Kier molecular flexibility index (Phi) is 45.9. The Morgan fingerprint density at radius 3 is 1.32 bits per heavy atom. The van der Waals surface area contributed by atoms with Gasteiger partial charge in [-0.15, -0.1) is 0 Å². The van der Waals surface area contributed by atoms with Crippen LogP contribution in [0.1, 0.15) is 265 Å². The molecule has 0 bridgehead atoms. The van der Waals surface area contributed by atoms with Gasteiger partial charge in [0.05, 0.1) is 6.61 Å². The highest BCUT2D eigenvalue weighted by molar-refractivity contribution is 5.74. The first kappa shape index (κ1) is 67.7. The molecule has 1 aliphatic rings. The summed E-state index contributed by atoms with van der Waals surface area (Å²) < 4.78 is 28.4. The van der Waals surface area contributed by atoms with Gasteiger partial charge < -0.3 is 39.0 Å². The molecule has 0 radical (unpaired) electrons. The molecule has 0 aromatic heterocycles. The molecule has 12 nitrogen and oxygen atoms in total. The molecule has 422 valence electrons. The number of carboxylic acid groups (broad SMARTS) is 1. The Bertz CT molecular complexity index is 1460. The molecule has 0 amide bonds. The number of carbonyl (C=O) groups is 4. The van der Waals surface area contributed by atoms with Gasteiger partial charge in [-0.1, -0.05) is 236 Å². The average molecular weight is 1030 g/mol. The van der Waals surface area contributed by atoms with E-state index < -0.39 is 67.3 Å². The highest BCUT2D eigenvalue weighted by Crippen LogP contribution is 2.26. The van der Waals surface area contributed by atoms with Crippen LogP contribution < -0.4 is 0 Å². The first-order chi connectivity index (χ1) is 35.6. The zero-order valence-electron chi connectivity index (χ0n) is 46.4. The number of aliphatic hydroxyl groups excluding tert-OH is 2. The SMILES string of the molecule is CC/C=C\C/C=C\C/C=C\C/C=C\CCCCC(=O)OC(COC(=O)CCCCCCCCCCCCCCCCCCC)COC1OC(C(=O)O)C(O)C(O)C1OC(=O)CCCCCCCCCCCCC. The second-order valence-electron chi connectivity index (χ2n) is 20.3. The fourth-order valence-electron chi connectivity index (χ4n) is 8.89. The minimum atomic E-state index is -1.90. The Morgan fingerprint density at radius 1 is 0.466 bits per heavy atom. The van der Waals surface area contributed by atoms with E-state index in [1.165, 1.54) is 122 Å². The van der Waals surface area contributed by atoms with E-state index in [2.05, 4.69) is 69.4 Å². The molecule has 1 heterocycles. The topological polar surface area (TPSA) is 175 Å². The number of esters is 3. The van der Waals surface area contributed by atoms with E-state index in [4.69, 9.17) is 23.7 Å². The molecule has 73 heavy (non-hydrogen) atoms. The predicted octanol–water partition coefficient (Wildman–Crippen LogP) is 15.0. The third-order valence-corrected chi connectivity index (χ3v) is 13.4. The van der Waals surface area contributed by atoms with Crippen molar-refractivity contribution in [2.45, 2.75) is 302 Å². The van der Waals surface area contributed by atoms with Crippen molar-refractivity contribution in [1.82, 2.24) is 0 Å². The van der Waals surface area contributed by atoms with Gasteiger partial charge in [0, 0.05) is 19.3 Å². The summed E-state index contributed by atoms with van der Waals surface area (Å²) in [6.45, 7) is 5.85. The molecule has 0 aromatic carbocycles. The van der Waals surface area contributed by atoms with Crippen molar-refractivity contribution in [3.63, 3.8) is 0 Å². The average Bonchev–Trinajstić information content (AvgIpc) is 3.37. The maximum absolute atomic E-state index is 13.1. The zero-order chi connectivity index (χ0) is 53.3. The Morgan fingerprint density at radius 2 is 0.863 bits per heavy atom. The highest BCUT2D eigenvalue weighted by atomic mass is 16.7. The molecular weight excluding hydrogens is 925 g/mol. The quantitative estimate of drug-likeness (QED) is 0.0228. The largest absolute Gasteiger partial charge is 0.479 e. The van der Waals surface area contributed by atoms with E-state index in [9.17, 15) is 34.5 Å². The van der Waals surface area contributed by atoms with Gasteiger partial charge in [-0.2, -0.15) is 0 Å². The Hall–Kier alpha value is -3.32. The van der Waals surface area contributed by atoms with Crippen molar-refractivity contribution in [1.29, 1.82) is 0 Å². The number of unbranched alkanes of at least 4 members (excludes halogenated alkanes) is 28. The van der Waals surface area contributed by atoms with Crippen LogP contribution in [-0.2, 0) is 42.9 Å². The molecule has 1 fully saturated rings. The number of aliphatic carboxylic acids is 1. The second kappa shape index (κ2) is 49.6. The standard InChI is InChI=1S/C61H106O12/c1-4-7-10-13-16-19-22-24-26-27-29-30-33-35-38-41-44-47-53(62)69-50-52(71-54(63)48-45-42-39-37-34-31-28-25-23-20-17-14-11-8-5-2)51-70-61-59(57(66)56(65)58(73-61)60(67)68)72-55(64)49-46-43-40-36-32-21-18-15-12-9-6-3/h8,11,17,20,25,28,34,37,52,56-59,61,65-66H,4-7,9-10,12-16,18-19,21-24,26-27,29-33,35-36,38-51H2,1-3H3,(H,67,68)/b11-8-,20-17-,28-25-,37-34-. The van der Waals surface area contributed by atoms with E-state index in [1.807, 2.05) is 0 Å². The van der Waals surface area contributed by atoms with E-state index in [0.29, 0.717) is 19.3 Å². The van der Waals surface area contributed by atoms with E-state index >= 15 is 0 Å². The van der Waals surface area contributed by atoms with Crippen molar-refractivity contribution in [3.8, 4) is 0 Å². The lowest BCUT2D eigenvalue weighted by Crippen LogP contribution is -2.61. The van der Waals surface area contributed by atoms with E-state index in [1.54, 1.807) is 0 Å². The fourth-order valence-corrected chi connectivity index (χ4v) is 8.89. The highest BCUT2D eigenvalue weighted by Gasteiger charge is 2.50. The summed E-state index contributed by atoms with van der Waals surface area (Å²) in [5.41, 5.74) is 0. The van der Waals surface area contributed by atoms with Crippen LogP contribution in [0.5, 0.6) is 0 Å². The molecule has 1 saturated heterocycles. The van der Waals surface area contributed by atoms with Crippen molar-refractivity contribution in [2.75, 3.05) is 13.2 Å². The summed E-state index contributed by atoms with van der Waals surface area (Å²) in [5.74, 6) is -3.16. The molecule has 3 N–H and O–H groups in total. The molecule has 12 heteroatoms. The monoisotopic (exact) mass is 1030 g/mol. The number of carboxylic acids is 1. The lowest BCUT2D eigenvalue weighted by atomic mass is 9.98. The fraction of sp³-hybridized carbons (Fsp3) is 0.803. The van der Waals surface area contributed by atoms with Crippen LogP contribution in [0.25, 0.3) is 0 Å². The minimum absolute atomic E-state index is 0.0589. The molecule has 1 rings (SSSR count). The molecule has 1 aliphatic heterocycles. The summed E-state index contributed by atoms with van der Waals surface area (Å²) in [6, 6.07) is 0. The zero-order valence-corrected chi connectivity index (χ0v) is 46.4. The van der Waals surface area contributed by atoms with Gasteiger partial charge >= 0.3 is 23.9 Å². The summed E-state index contributed by atoms with van der Waals surface area (Å²) in [6.07, 6.45) is 46.7. The van der Waals surface area contributed by atoms with Crippen molar-refractivity contribution in [3.05, 3.63) is 48.6 Å². The van der Waals surface area contributed by atoms with Gasteiger partial charge in [-0.25, -0.2) is 4.79 Å². The molecule has 6 atom stereocenters. The lowest BCUT2D eigenvalue weighted by Gasteiger charge is -2.40. The van der Waals surface area contributed by atoms with Gasteiger partial charge in [0.25, 0.3) is 0 Å². The third kappa shape index (κ3) is 39.7. The van der Waals surface area contributed by atoms with Gasteiger partial charge in [-0.05, 0) is 57.8 Å². The van der Waals surface area contributed by atoms with Crippen LogP contribution in [0.2, 0.25) is 0 Å². The molecule has 6 unspecified atom stereocenters. The smallest absolute Gasteiger partial charge is 0.335 e. The van der Waals surface area contributed by atoms with Crippen LogP contribution in [0, 0.1) is 0 Å². The van der Waals surface area contributed by atoms with Crippen LogP contribution in [0.3, 0.4) is 0 Å². The number of ether oxygens (including phenoxy) is 5. The van der Waals surface area contributed by atoms with Crippen LogP contribution >= 0.6 is 0 Å². The van der Waals surface area contributed by atoms with Crippen molar-refractivity contribution in [2.24, 2.45) is 0 Å². The van der Waals surface area contributed by atoms with Crippen molar-refractivity contribution >= 4 is 23.9 Å². The Balaban J connectivity index is 2.70. The summed E-state index contributed by atoms with van der Waals surface area (Å²) >= 11 is 0. The van der Waals surface area contributed by atoms with Gasteiger partial charge in [-0.3, -0.25) is 14.4 Å². The molecule has 0 aromatic rings. The van der Waals surface area contributed by atoms with Crippen molar-refractivity contribution < 1.29 is 58.2 Å². The lowest BCUT2D eigenvalue weighted by molar-refractivity contribution is -0.301. The number of allylic oxidation sites excluding steroid dienone is 8. The van der Waals surface area contributed by atoms with Gasteiger partial charge in [0.15, 0.2) is 24.6 Å². The minimum Gasteiger partial charge on any atom is -0.479 e. The number of aliphatic hydroxyl groups is 2. The first-order valence-corrected chi connectivity index (χ1v) is 29.6. The number of hydrogen-bond acceptors (Lipinski definition) is 11. The first-order valence-electron chi connectivity index (χ1n) is 29.6.